The molecule has 194 valence electrons. The monoisotopic (exact) mass is 540 g/mol. The summed E-state index contributed by atoms with van der Waals surface area (Å²) in [6.45, 7) is 7.68. The van der Waals surface area contributed by atoms with Gasteiger partial charge in [-0.2, -0.15) is 16.8 Å². The fraction of sp³-hybridized carbons (Fsp3) is 1.00. The molecule has 0 amide bonds. The molecule has 33 heavy (non-hydrogen) atoms. The van der Waals surface area contributed by atoms with Gasteiger partial charge < -0.3 is 14.2 Å². The second kappa shape index (κ2) is 29.9. The van der Waals surface area contributed by atoms with E-state index in [1.54, 1.807) is 0 Å². The summed E-state index contributed by atoms with van der Waals surface area (Å²) in [6, 6.07) is 0. The number of ether oxygens (including phenoxy) is 3. The molecule has 2 N–H and O–H groups in total. The van der Waals surface area contributed by atoms with Crippen molar-refractivity contribution >= 4 is 79.4 Å². The molecule has 0 fully saturated rings. The summed E-state index contributed by atoms with van der Waals surface area (Å²) in [7, 11) is -7.55. The van der Waals surface area contributed by atoms with Gasteiger partial charge in [-0.05, 0) is 25.7 Å². The van der Waals surface area contributed by atoms with Gasteiger partial charge in [0.05, 0.1) is 37.9 Å². The first kappa shape index (κ1) is 41.8. The van der Waals surface area contributed by atoms with Crippen LogP contribution in [0, 0.1) is 0 Å². The van der Waals surface area contributed by atoms with Crippen LogP contribution < -0.4 is 0 Å². The topological polar surface area (TPSA) is 136 Å². The van der Waals surface area contributed by atoms with Gasteiger partial charge >= 0.3 is 59.1 Å². The van der Waals surface area contributed by atoms with E-state index in [4.69, 9.17) is 23.3 Å². The minimum absolute atomic E-state index is 0. The van der Waals surface area contributed by atoms with Gasteiger partial charge in [-0.1, -0.05) is 52.4 Å². The Morgan fingerprint density at radius 1 is 0.485 bits per heavy atom. The zero-order valence-electron chi connectivity index (χ0n) is 19.3. The standard InChI is InChI=1S/C12H26O6S.C8H18O3S.2Na.2H/c1-2-3-6-16-8-10-18-11-9-17-7-4-5-12-19(13,14)15;1-2-3-4-5-6-7-8-12(9,10)11;;;;/h2-12H2,1H3,(H,13,14,15);2-8H2,1H3,(H,9,10,11);;;;. The van der Waals surface area contributed by atoms with Crippen LogP contribution in [0.5, 0.6) is 0 Å². The van der Waals surface area contributed by atoms with E-state index in [0.717, 1.165) is 32.3 Å². The predicted octanol–water partition coefficient (Wildman–Crippen LogP) is 2.44. The first-order valence-electron chi connectivity index (χ1n) is 11.3. The summed E-state index contributed by atoms with van der Waals surface area (Å²) in [5.74, 6) is -0.291. The van der Waals surface area contributed by atoms with Crippen molar-refractivity contribution in [2.75, 3.05) is 51.1 Å². The summed E-state index contributed by atoms with van der Waals surface area (Å²) in [6.07, 6.45) is 9.36. The van der Waals surface area contributed by atoms with Crippen LogP contribution in [0.15, 0.2) is 0 Å². The maximum atomic E-state index is 10.4. The molecular weight excluding hydrogens is 494 g/mol. The molecule has 0 aromatic heterocycles. The zero-order valence-corrected chi connectivity index (χ0v) is 20.9. The SMILES string of the molecule is CCCCCCCCS(=O)(=O)O.CCCCOCCOCCOCCCCS(=O)(=O)O.[NaH].[NaH]. The molecule has 0 heterocycles. The Kier molecular flexibility index (Phi) is 37.9. The summed E-state index contributed by atoms with van der Waals surface area (Å²) in [5, 5.41) is 0. The van der Waals surface area contributed by atoms with E-state index in [2.05, 4.69) is 13.8 Å². The fourth-order valence-electron chi connectivity index (χ4n) is 2.34. The van der Waals surface area contributed by atoms with Crippen molar-refractivity contribution in [3.63, 3.8) is 0 Å². The first-order chi connectivity index (χ1) is 14.6. The van der Waals surface area contributed by atoms with Gasteiger partial charge in [0.2, 0.25) is 0 Å². The third kappa shape index (κ3) is 47.5. The van der Waals surface area contributed by atoms with Gasteiger partial charge in [-0.3, -0.25) is 9.11 Å². The third-order valence-corrected chi connectivity index (χ3v) is 5.69. The molecule has 0 aliphatic rings. The first-order valence-corrected chi connectivity index (χ1v) is 14.5. The number of rotatable bonds is 21. The van der Waals surface area contributed by atoms with Crippen LogP contribution in [-0.2, 0) is 34.4 Å². The van der Waals surface area contributed by atoms with Crippen LogP contribution in [0.1, 0.15) is 78.1 Å². The van der Waals surface area contributed by atoms with E-state index >= 15 is 0 Å². The van der Waals surface area contributed by atoms with E-state index in [1.807, 2.05) is 0 Å². The van der Waals surface area contributed by atoms with Crippen LogP contribution in [0.3, 0.4) is 0 Å². The summed E-state index contributed by atoms with van der Waals surface area (Å²) in [5.41, 5.74) is 0. The Hall–Kier alpha value is 1.70. The van der Waals surface area contributed by atoms with Crippen molar-refractivity contribution in [1.29, 1.82) is 0 Å². The number of hydrogen-bond acceptors (Lipinski definition) is 7. The van der Waals surface area contributed by atoms with E-state index in [9.17, 15) is 16.8 Å². The second-order valence-corrected chi connectivity index (χ2v) is 10.4. The van der Waals surface area contributed by atoms with E-state index in [0.29, 0.717) is 52.3 Å². The molecule has 0 radical (unpaired) electrons. The van der Waals surface area contributed by atoms with Crippen molar-refractivity contribution in [1.82, 2.24) is 0 Å². The molecule has 0 atom stereocenters. The van der Waals surface area contributed by atoms with Crippen molar-refractivity contribution in [3.05, 3.63) is 0 Å². The Morgan fingerprint density at radius 2 is 0.818 bits per heavy atom. The van der Waals surface area contributed by atoms with Crippen LogP contribution >= 0.6 is 0 Å². The van der Waals surface area contributed by atoms with Crippen molar-refractivity contribution in [2.45, 2.75) is 78.1 Å². The Bertz CT molecular complexity index is 574. The van der Waals surface area contributed by atoms with Gasteiger partial charge in [0.15, 0.2) is 0 Å². The van der Waals surface area contributed by atoms with Crippen LogP contribution in [0.4, 0.5) is 0 Å². The minimum atomic E-state index is -3.83. The van der Waals surface area contributed by atoms with E-state index in [-0.39, 0.29) is 70.6 Å². The zero-order chi connectivity index (χ0) is 23.8. The van der Waals surface area contributed by atoms with Crippen molar-refractivity contribution in [2.24, 2.45) is 0 Å². The molecule has 0 rings (SSSR count). The van der Waals surface area contributed by atoms with E-state index < -0.39 is 20.2 Å². The van der Waals surface area contributed by atoms with Gasteiger partial charge in [0, 0.05) is 13.2 Å². The molecule has 0 saturated heterocycles. The molecule has 9 nitrogen and oxygen atoms in total. The summed E-state index contributed by atoms with van der Waals surface area (Å²) in [4.78, 5) is 0. The van der Waals surface area contributed by atoms with Gasteiger partial charge in [0.1, 0.15) is 0 Å². The van der Waals surface area contributed by atoms with Crippen molar-refractivity contribution < 1.29 is 40.2 Å². The maximum absolute atomic E-state index is 10.4. The van der Waals surface area contributed by atoms with Crippen LogP contribution in [-0.4, -0.2) is 136 Å². The Labute approximate surface area is 246 Å². The Morgan fingerprint density at radius 3 is 1.24 bits per heavy atom. The molecule has 0 aromatic rings. The molecule has 0 spiro atoms. The predicted molar refractivity (Wildman–Crippen MR) is 137 cm³/mol. The van der Waals surface area contributed by atoms with Gasteiger partial charge in [-0.25, -0.2) is 0 Å². The average Bonchev–Trinajstić information content (AvgIpc) is 2.67. The normalized spacial score (nSPS) is 11.2. The fourth-order valence-corrected chi connectivity index (χ4v) is 3.48. The number of hydrogen-bond donors (Lipinski definition) is 2. The Balaban J connectivity index is -0.000000262. The van der Waals surface area contributed by atoms with Crippen LogP contribution in [0.25, 0.3) is 0 Å². The molecule has 13 heteroatoms. The molecule has 0 bridgehead atoms. The quantitative estimate of drug-likeness (QED) is 0.128. The molecule has 0 aromatic carbocycles. The molecule has 0 unspecified atom stereocenters. The average molecular weight is 541 g/mol. The number of unbranched alkanes of at least 4 members (excludes halogenated alkanes) is 7. The molecule has 0 aliphatic heterocycles. The third-order valence-electron chi connectivity index (χ3n) is 4.08. The molecule has 0 aliphatic carbocycles. The van der Waals surface area contributed by atoms with Gasteiger partial charge in [0.25, 0.3) is 20.2 Å². The molecule has 0 saturated carbocycles. The van der Waals surface area contributed by atoms with Crippen molar-refractivity contribution in [3.8, 4) is 0 Å². The second-order valence-electron chi connectivity index (χ2n) is 7.24. The van der Waals surface area contributed by atoms with Gasteiger partial charge in [-0.15, -0.1) is 0 Å². The molecular formula is C20H46Na2O9S2. The summed E-state index contributed by atoms with van der Waals surface area (Å²) < 4.78 is 74.1. The summed E-state index contributed by atoms with van der Waals surface area (Å²) >= 11 is 0. The van der Waals surface area contributed by atoms with E-state index in [1.165, 1.54) is 19.3 Å². The van der Waals surface area contributed by atoms with Crippen LogP contribution in [0.2, 0.25) is 0 Å².